The molecule has 2 fully saturated rings. The van der Waals surface area contributed by atoms with Crippen molar-refractivity contribution < 1.29 is 17.9 Å². The van der Waals surface area contributed by atoms with E-state index < -0.39 is 15.9 Å². The lowest BCUT2D eigenvalue weighted by molar-refractivity contribution is -0.118. The molecule has 1 N–H and O–H groups in total. The summed E-state index contributed by atoms with van der Waals surface area (Å²) < 4.78 is 33.8. The van der Waals surface area contributed by atoms with Crippen molar-refractivity contribution in [1.29, 1.82) is 0 Å². The van der Waals surface area contributed by atoms with Crippen LogP contribution in [-0.2, 0) is 14.8 Å². The number of hydrogen-bond donors (Lipinski definition) is 1. The van der Waals surface area contributed by atoms with Gasteiger partial charge in [0, 0.05) is 43.0 Å². The van der Waals surface area contributed by atoms with E-state index in [1.807, 2.05) is 30.3 Å². The number of nitrogens with one attached hydrogen (secondary N) is 1. The van der Waals surface area contributed by atoms with Crippen LogP contribution in [0.4, 0.5) is 10.8 Å². The maximum atomic E-state index is 13.7. The smallest absolute Gasteiger partial charge is 0.243 e. The molecule has 1 amide bonds. The molecule has 0 spiro atoms. The van der Waals surface area contributed by atoms with Gasteiger partial charge in [-0.15, -0.1) is 0 Å². The van der Waals surface area contributed by atoms with Gasteiger partial charge in [0.15, 0.2) is 5.13 Å². The summed E-state index contributed by atoms with van der Waals surface area (Å²) in [4.78, 5) is 25.7. The fraction of sp³-hybridized carbons (Fsp3) is 0.387. The molecule has 6 rings (SSSR count). The Morgan fingerprint density at radius 3 is 2.49 bits per heavy atom. The Balaban J connectivity index is 1.17. The third-order valence-electron chi connectivity index (χ3n) is 8.36. The molecule has 3 heterocycles. The number of benzene rings is 2. The molecule has 1 aliphatic carbocycles. The van der Waals surface area contributed by atoms with Crippen LogP contribution in [0.15, 0.2) is 65.6 Å². The second-order valence-corrected chi connectivity index (χ2v) is 14.4. The minimum Gasteiger partial charge on any atom is -0.481 e. The van der Waals surface area contributed by atoms with Crippen LogP contribution in [0.1, 0.15) is 43.6 Å². The highest BCUT2D eigenvalue weighted by Gasteiger charge is 2.31. The standard InChI is InChI=1S/C31H34ClN5O4S2/c1-41-28-14-13-27-30(34-28)42-31(33-27)35-29(38)26(19-21-5-2-3-6-21)22-9-11-25(12-10-22)43(39,40)37-17-15-36(16-18-37)24-8-4-7-23(32)20-24/h4,7-14,20-21,26H,2-3,5-6,15-19H2,1H3,(H,33,35,38). The lowest BCUT2D eigenvalue weighted by atomic mass is 9.87. The number of carbonyl (C=O) groups excluding carboxylic acids is 1. The molecule has 1 saturated carbocycles. The lowest BCUT2D eigenvalue weighted by Gasteiger charge is -2.35. The zero-order chi connectivity index (χ0) is 30.0. The molecule has 2 aromatic heterocycles. The molecule has 4 aromatic rings. The average Bonchev–Trinajstić information content (AvgIpc) is 3.69. The monoisotopic (exact) mass is 639 g/mol. The first-order valence-corrected chi connectivity index (χ1v) is 17.2. The Morgan fingerprint density at radius 1 is 1.05 bits per heavy atom. The number of aromatic nitrogens is 2. The van der Waals surface area contributed by atoms with Crippen LogP contribution in [0.2, 0.25) is 5.02 Å². The van der Waals surface area contributed by atoms with Crippen LogP contribution >= 0.6 is 22.9 Å². The maximum Gasteiger partial charge on any atom is 0.243 e. The zero-order valence-corrected chi connectivity index (χ0v) is 26.3. The summed E-state index contributed by atoms with van der Waals surface area (Å²) in [6.07, 6.45) is 5.25. The molecule has 9 nitrogen and oxygen atoms in total. The highest BCUT2D eigenvalue weighted by atomic mass is 35.5. The topological polar surface area (TPSA) is 105 Å². The molecule has 1 aliphatic heterocycles. The van der Waals surface area contributed by atoms with Gasteiger partial charge in [-0.05, 0) is 54.3 Å². The number of carbonyl (C=O) groups is 1. The summed E-state index contributed by atoms with van der Waals surface area (Å²) in [5, 5.41) is 4.14. The molecule has 1 saturated heterocycles. The number of methoxy groups -OCH3 is 1. The van der Waals surface area contributed by atoms with Gasteiger partial charge >= 0.3 is 0 Å². The number of sulfonamides is 1. The highest BCUT2D eigenvalue weighted by Crippen LogP contribution is 2.36. The zero-order valence-electron chi connectivity index (χ0n) is 23.9. The third-order valence-corrected chi connectivity index (χ3v) is 11.4. The van der Waals surface area contributed by atoms with E-state index in [1.54, 1.807) is 37.4 Å². The van der Waals surface area contributed by atoms with Crippen molar-refractivity contribution >= 4 is 60.0 Å². The minimum atomic E-state index is -3.68. The summed E-state index contributed by atoms with van der Waals surface area (Å²) >= 11 is 7.45. The lowest BCUT2D eigenvalue weighted by Crippen LogP contribution is -2.48. The fourth-order valence-electron chi connectivity index (χ4n) is 6.01. The predicted molar refractivity (Wildman–Crippen MR) is 171 cm³/mol. The molecule has 2 aromatic carbocycles. The average molecular weight is 640 g/mol. The number of thiazole rings is 1. The van der Waals surface area contributed by atoms with E-state index in [2.05, 4.69) is 20.2 Å². The Morgan fingerprint density at radius 2 is 1.79 bits per heavy atom. The van der Waals surface area contributed by atoms with Crippen molar-refractivity contribution in [3.05, 3.63) is 71.2 Å². The third kappa shape index (κ3) is 6.64. The summed E-state index contributed by atoms with van der Waals surface area (Å²) in [6.45, 7) is 1.92. The van der Waals surface area contributed by atoms with Crippen molar-refractivity contribution in [3.63, 3.8) is 0 Å². The number of anilines is 2. The van der Waals surface area contributed by atoms with Gasteiger partial charge in [0.05, 0.1) is 17.9 Å². The summed E-state index contributed by atoms with van der Waals surface area (Å²) in [7, 11) is -2.12. The second kappa shape index (κ2) is 12.8. The minimum absolute atomic E-state index is 0.148. The van der Waals surface area contributed by atoms with Gasteiger partial charge in [0.1, 0.15) is 10.3 Å². The number of amides is 1. The molecule has 2 aliphatic rings. The van der Waals surface area contributed by atoms with Crippen molar-refractivity contribution in [2.45, 2.75) is 42.9 Å². The first-order valence-electron chi connectivity index (χ1n) is 14.5. The van der Waals surface area contributed by atoms with Crippen LogP contribution in [0.25, 0.3) is 10.3 Å². The van der Waals surface area contributed by atoms with E-state index in [-0.39, 0.29) is 10.8 Å². The van der Waals surface area contributed by atoms with Crippen LogP contribution in [-0.4, -0.2) is 61.9 Å². The predicted octanol–water partition coefficient (Wildman–Crippen LogP) is 6.17. The van der Waals surface area contributed by atoms with Gasteiger partial charge in [0.2, 0.25) is 21.8 Å². The number of ether oxygens (including phenoxy) is 1. The number of pyridine rings is 1. The van der Waals surface area contributed by atoms with Crippen molar-refractivity contribution in [2.24, 2.45) is 5.92 Å². The molecule has 43 heavy (non-hydrogen) atoms. The van der Waals surface area contributed by atoms with Gasteiger partial charge in [0.25, 0.3) is 0 Å². The first kappa shape index (κ1) is 29.8. The quantitative estimate of drug-likeness (QED) is 0.234. The van der Waals surface area contributed by atoms with Gasteiger partial charge in [-0.2, -0.15) is 4.31 Å². The van der Waals surface area contributed by atoms with Crippen molar-refractivity contribution in [2.75, 3.05) is 43.5 Å². The Kier molecular flexibility index (Phi) is 8.85. The van der Waals surface area contributed by atoms with E-state index in [4.69, 9.17) is 16.3 Å². The van der Waals surface area contributed by atoms with E-state index in [1.165, 1.54) is 28.5 Å². The molecule has 0 bridgehead atoms. The van der Waals surface area contributed by atoms with Gasteiger partial charge in [-0.1, -0.05) is 66.8 Å². The Hall–Kier alpha value is -3.25. The van der Waals surface area contributed by atoms with Crippen molar-refractivity contribution in [1.82, 2.24) is 14.3 Å². The van der Waals surface area contributed by atoms with Crippen LogP contribution in [0, 0.1) is 5.92 Å². The number of nitrogens with zero attached hydrogens (tertiary/aromatic N) is 4. The van der Waals surface area contributed by atoms with Crippen LogP contribution in [0.5, 0.6) is 5.88 Å². The fourth-order valence-corrected chi connectivity index (χ4v) is 8.45. The maximum absolute atomic E-state index is 13.7. The first-order chi connectivity index (χ1) is 20.8. The summed E-state index contributed by atoms with van der Waals surface area (Å²) in [5.74, 6) is 0.378. The van der Waals surface area contributed by atoms with E-state index in [9.17, 15) is 13.2 Å². The molecule has 0 radical (unpaired) electrons. The Labute approximate surface area is 260 Å². The second-order valence-electron chi connectivity index (χ2n) is 11.1. The molecular weight excluding hydrogens is 606 g/mol. The molecule has 12 heteroatoms. The number of hydrogen-bond acceptors (Lipinski definition) is 8. The molecule has 226 valence electrons. The molecule has 1 atom stereocenters. The SMILES string of the molecule is COc1ccc2nc(NC(=O)C(CC3CCCC3)c3ccc(S(=O)(=O)N4CCN(c5cccc(Cl)c5)CC4)cc3)sc2n1. The van der Waals surface area contributed by atoms with Gasteiger partial charge in [-0.3, -0.25) is 4.79 Å². The number of halogens is 1. The van der Waals surface area contributed by atoms with E-state index in [0.29, 0.717) is 64.9 Å². The Bertz CT molecular complexity index is 1700. The van der Waals surface area contributed by atoms with E-state index >= 15 is 0 Å². The summed E-state index contributed by atoms with van der Waals surface area (Å²) in [5.41, 5.74) is 2.48. The van der Waals surface area contributed by atoms with Crippen LogP contribution < -0.4 is 15.0 Å². The number of rotatable bonds is 9. The molecule has 1 unspecified atom stereocenters. The summed E-state index contributed by atoms with van der Waals surface area (Å²) in [6, 6.07) is 18.0. The largest absolute Gasteiger partial charge is 0.481 e. The van der Waals surface area contributed by atoms with E-state index in [0.717, 1.165) is 24.1 Å². The van der Waals surface area contributed by atoms with Crippen molar-refractivity contribution in [3.8, 4) is 5.88 Å². The van der Waals surface area contributed by atoms with Gasteiger partial charge < -0.3 is 15.0 Å². The van der Waals surface area contributed by atoms with Gasteiger partial charge in [-0.25, -0.2) is 18.4 Å². The van der Waals surface area contributed by atoms with Crippen LogP contribution in [0.3, 0.4) is 0 Å². The number of piperazine rings is 1. The molecular formula is C31H34ClN5O4S2. The normalized spacial score (nSPS) is 17.3. The highest BCUT2D eigenvalue weighted by molar-refractivity contribution is 7.89. The number of fused-ring (bicyclic) bond motifs is 1.